The molecule has 0 saturated carbocycles. The fourth-order valence-corrected chi connectivity index (χ4v) is 2.57. The zero-order valence-electron chi connectivity index (χ0n) is 11.3. The molecule has 1 aromatic rings. The Labute approximate surface area is 113 Å². The number of piperazine rings is 1. The first-order valence-electron chi connectivity index (χ1n) is 6.62. The maximum absolute atomic E-state index is 14.0. The molecule has 1 aromatic carbocycles. The molecule has 1 fully saturated rings. The summed E-state index contributed by atoms with van der Waals surface area (Å²) >= 11 is 0. The van der Waals surface area contributed by atoms with E-state index >= 15 is 0 Å². The predicted molar refractivity (Wildman–Crippen MR) is 73.0 cm³/mol. The van der Waals surface area contributed by atoms with Gasteiger partial charge < -0.3 is 5.32 Å². The van der Waals surface area contributed by atoms with Crippen LogP contribution in [0.5, 0.6) is 0 Å². The van der Waals surface area contributed by atoms with Gasteiger partial charge in [0, 0.05) is 37.8 Å². The minimum atomic E-state index is -0.468. The van der Waals surface area contributed by atoms with E-state index in [-0.39, 0.29) is 11.6 Å². The normalized spacial score (nSPS) is 18.3. The standard InChI is InChI=1S/C15H20F2N2/c1-11(2)10-14(19-8-6-18-7-9-19)15-12(16)4-3-5-13(15)17/h3-5,14,18H,1,6-10H2,2H3/t14-/m0/s1. The van der Waals surface area contributed by atoms with E-state index in [2.05, 4.69) is 16.8 Å². The highest BCUT2D eigenvalue weighted by Gasteiger charge is 2.27. The maximum atomic E-state index is 14.0. The van der Waals surface area contributed by atoms with E-state index in [9.17, 15) is 8.78 Å². The Kier molecular flexibility index (Phi) is 4.66. The molecule has 0 amide bonds. The molecule has 0 radical (unpaired) electrons. The van der Waals surface area contributed by atoms with Gasteiger partial charge in [0.05, 0.1) is 0 Å². The molecule has 1 heterocycles. The van der Waals surface area contributed by atoms with Crippen LogP contribution in [-0.4, -0.2) is 31.1 Å². The van der Waals surface area contributed by atoms with Crippen molar-refractivity contribution in [2.24, 2.45) is 0 Å². The molecule has 0 unspecified atom stereocenters. The molecule has 104 valence electrons. The van der Waals surface area contributed by atoms with Gasteiger partial charge in [-0.15, -0.1) is 6.58 Å². The number of halogens is 2. The van der Waals surface area contributed by atoms with Gasteiger partial charge >= 0.3 is 0 Å². The minimum Gasteiger partial charge on any atom is -0.314 e. The predicted octanol–water partition coefficient (Wildman–Crippen LogP) is 2.88. The summed E-state index contributed by atoms with van der Waals surface area (Å²) in [6, 6.07) is 3.79. The van der Waals surface area contributed by atoms with Gasteiger partial charge in [0.25, 0.3) is 0 Å². The molecule has 1 aliphatic heterocycles. The first-order valence-corrected chi connectivity index (χ1v) is 6.62. The zero-order chi connectivity index (χ0) is 13.8. The quantitative estimate of drug-likeness (QED) is 0.843. The lowest BCUT2D eigenvalue weighted by molar-refractivity contribution is 0.166. The highest BCUT2D eigenvalue weighted by molar-refractivity contribution is 5.25. The van der Waals surface area contributed by atoms with Crippen LogP contribution >= 0.6 is 0 Å². The van der Waals surface area contributed by atoms with Crippen LogP contribution in [0.4, 0.5) is 8.78 Å². The van der Waals surface area contributed by atoms with E-state index in [1.807, 2.05) is 6.92 Å². The van der Waals surface area contributed by atoms with Crippen molar-refractivity contribution in [1.82, 2.24) is 10.2 Å². The molecule has 0 spiro atoms. The van der Waals surface area contributed by atoms with Crippen molar-refractivity contribution in [2.45, 2.75) is 19.4 Å². The molecule has 2 rings (SSSR count). The monoisotopic (exact) mass is 266 g/mol. The Bertz CT molecular complexity index is 433. The molecular weight excluding hydrogens is 246 g/mol. The molecule has 2 nitrogen and oxygen atoms in total. The average molecular weight is 266 g/mol. The molecule has 1 saturated heterocycles. The molecule has 0 aromatic heterocycles. The molecule has 1 atom stereocenters. The molecule has 0 bridgehead atoms. The van der Waals surface area contributed by atoms with Crippen LogP contribution in [0.25, 0.3) is 0 Å². The Morgan fingerprint density at radius 3 is 2.42 bits per heavy atom. The van der Waals surface area contributed by atoms with Crippen molar-refractivity contribution in [2.75, 3.05) is 26.2 Å². The lowest BCUT2D eigenvalue weighted by Gasteiger charge is -2.35. The lowest BCUT2D eigenvalue weighted by Crippen LogP contribution is -2.45. The number of hydrogen-bond donors (Lipinski definition) is 1. The number of nitrogens with zero attached hydrogens (tertiary/aromatic N) is 1. The van der Waals surface area contributed by atoms with Gasteiger partial charge in [-0.3, -0.25) is 4.90 Å². The summed E-state index contributed by atoms with van der Waals surface area (Å²) in [4.78, 5) is 2.13. The van der Waals surface area contributed by atoms with Gasteiger partial charge in [0.2, 0.25) is 0 Å². The Morgan fingerprint density at radius 1 is 1.32 bits per heavy atom. The van der Waals surface area contributed by atoms with Crippen LogP contribution in [0, 0.1) is 11.6 Å². The zero-order valence-corrected chi connectivity index (χ0v) is 11.3. The fraction of sp³-hybridized carbons (Fsp3) is 0.467. The van der Waals surface area contributed by atoms with Crippen molar-refractivity contribution in [1.29, 1.82) is 0 Å². The van der Waals surface area contributed by atoms with Gasteiger partial charge in [-0.05, 0) is 25.5 Å². The van der Waals surface area contributed by atoms with E-state index in [0.717, 1.165) is 31.8 Å². The van der Waals surface area contributed by atoms with Crippen molar-refractivity contribution < 1.29 is 8.78 Å². The van der Waals surface area contributed by atoms with Gasteiger partial charge in [-0.2, -0.15) is 0 Å². The van der Waals surface area contributed by atoms with Crippen LogP contribution in [0.3, 0.4) is 0 Å². The highest BCUT2D eigenvalue weighted by atomic mass is 19.1. The summed E-state index contributed by atoms with van der Waals surface area (Å²) in [5.74, 6) is -0.936. The maximum Gasteiger partial charge on any atom is 0.130 e. The molecule has 1 aliphatic rings. The van der Waals surface area contributed by atoms with Crippen molar-refractivity contribution in [3.8, 4) is 0 Å². The summed E-state index contributed by atoms with van der Waals surface area (Å²) < 4.78 is 28.0. The second kappa shape index (κ2) is 6.26. The largest absolute Gasteiger partial charge is 0.314 e. The number of nitrogens with one attached hydrogen (secondary N) is 1. The SMILES string of the molecule is C=C(C)C[C@@H](c1c(F)cccc1F)N1CCNCC1. The Morgan fingerprint density at radius 2 is 1.89 bits per heavy atom. The third kappa shape index (κ3) is 3.39. The molecule has 0 aliphatic carbocycles. The van der Waals surface area contributed by atoms with Crippen molar-refractivity contribution in [3.05, 3.63) is 47.5 Å². The van der Waals surface area contributed by atoms with Crippen LogP contribution in [-0.2, 0) is 0 Å². The molecular formula is C15H20F2N2. The Balaban J connectivity index is 2.33. The second-order valence-corrected chi connectivity index (χ2v) is 5.10. The van der Waals surface area contributed by atoms with E-state index in [0.29, 0.717) is 6.42 Å². The summed E-state index contributed by atoms with van der Waals surface area (Å²) in [7, 11) is 0. The van der Waals surface area contributed by atoms with Gasteiger partial charge in [0.15, 0.2) is 0 Å². The van der Waals surface area contributed by atoms with E-state index < -0.39 is 11.6 Å². The van der Waals surface area contributed by atoms with E-state index in [1.165, 1.54) is 18.2 Å². The first-order chi connectivity index (χ1) is 9.09. The topological polar surface area (TPSA) is 15.3 Å². The van der Waals surface area contributed by atoms with Crippen LogP contribution < -0.4 is 5.32 Å². The van der Waals surface area contributed by atoms with Crippen molar-refractivity contribution >= 4 is 0 Å². The highest BCUT2D eigenvalue weighted by Crippen LogP contribution is 2.31. The number of hydrogen-bond acceptors (Lipinski definition) is 2. The van der Waals surface area contributed by atoms with Gasteiger partial charge in [0.1, 0.15) is 11.6 Å². The van der Waals surface area contributed by atoms with Crippen molar-refractivity contribution in [3.63, 3.8) is 0 Å². The molecule has 1 N–H and O–H groups in total. The second-order valence-electron chi connectivity index (χ2n) is 5.10. The van der Waals surface area contributed by atoms with Gasteiger partial charge in [-0.1, -0.05) is 11.6 Å². The third-order valence-corrected chi connectivity index (χ3v) is 3.47. The van der Waals surface area contributed by atoms with E-state index in [1.54, 1.807) is 0 Å². The summed E-state index contributed by atoms with van der Waals surface area (Å²) in [5, 5.41) is 3.25. The van der Waals surface area contributed by atoms with E-state index in [4.69, 9.17) is 0 Å². The van der Waals surface area contributed by atoms with Crippen LogP contribution in [0.1, 0.15) is 24.9 Å². The summed E-state index contributed by atoms with van der Waals surface area (Å²) in [6.07, 6.45) is 0.581. The first kappa shape index (κ1) is 14.2. The average Bonchev–Trinajstić information content (AvgIpc) is 2.38. The lowest BCUT2D eigenvalue weighted by atomic mass is 9.97. The van der Waals surface area contributed by atoms with Crippen LogP contribution in [0.15, 0.2) is 30.4 Å². The molecule has 4 heteroatoms. The van der Waals surface area contributed by atoms with Crippen LogP contribution in [0.2, 0.25) is 0 Å². The molecule has 19 heavy (non-hydrogen) atoms. The van der Waals surface area contributed by atoms with Gasteiger partial charge in [-0.25, -0.2) is 8.78 Å². The number of rotatable bonds is 4. The summed E-state index contributed by atoms with van der Waals surface area (Å²) in [6.45, 7) is 9.08. The minimum absolute atomic E-state index is 0.174. The summed E-state index contributed by atoms with van der Waals surface area (Å²) in [5.41, 5.74) is 1.11. The Hall–Kier alpha value is -1.26. The smallest absolute Gasteiger partial charge is 0.130 e. The number of benzene rings is 1. The third-order valence-electron chi connectivity index (χ3n) is 3.47. The fourth-order valence-electron chi connectivity index (χ4n) is 2.57.